The maximum absolute atomic E-state index is 9.96. The van der Waals surface area contributed by atoms with Gasteiger partial charge in [0, 0.05) is 0 Å². The smallest absolute Gasteiger partial charge is 0.402 e. The van der Waals surface area contributed by atoms with E-state index in [-0.39, 0.29) is 0 Å². The second-order valence-electron chi connectivity index (χ2n) is 5.34. The molecule has 0 saturated heterocycles. The zero-order valence-corrected chi connectivity index (χ0v) is 12.1. The predicted molar refractivity (Wildman–Crippen MR) is 72.7 cm³/mol. The second kappa shape index (κ2) is 9.75. The Bertz CT molecular complexity index is 187. The molecule has 0 saturated carbocycles. The molecule has 0 aromatic heterocycles. The van der Waals surface area contributed by atoms with Gasteiger partial charge in [-0.25, -0.2) is 0 Å². The van der Waals surface area contributed by atoms with Crippen LogP contribution in [0.3, 0.4) is 0 Å². The van der Waals surface area contributed by atoms with E-state index in [0.717, 1.165) is 12.8 Å². The molecule has 0 spiro atoms. The summed E-state index contributed by atoms with van der Waals surface area (Å²) in [6.07, 6.45) is 6.57. The first-order chi connectivity index (χ1) is 8.04. The fourth-order valence-electron chi connectivity index (χ4n) is 1.38. The van der Waals surface area contributed by atoms with E-state index in [2.05, 4.69) is 6.92 Å². The van der Waals surface area contributed by atoms with Crippen molar-refractivity contribution in [3.63, 3.8) is 0 Å². The first kappa shape index (κ1) is 20.2. The summed E-state index contributed by atoms with van der Waals surface area (Å²) in [4.78, 5) is 0. The minimum absolute atomic E-state index is 0.681. The fourth-order valence-corrected chi connectivity index (χ4v) is 1.38. The summed E-state index contributed by atoms with van der Waals surface area (Å²) >= 11 is 0. The van der Waals surface area contributed by atoms with Gasteiger partial charge in [-0.2, -0.15) is 0 Å². The van der Waals surface area contributed by atoms with Crippen LogP contribution in [0, 0.1) is 0 Å². The van der Waals surface area contributed by atoms with Gasteiger partial charge in [-0.15, -0.1) is 0 Å². The summed E-state index contributed by atoms with van der Waals surface area (Å²) in [5.41, 5.74) is -1.96. The molecule has 0 heterocycles. The molecule has 1 unspecified atom stereocenters. The van der Waals surface area contributed by atoms with Crippen LogP contribution in [0.5, 0.6) is 0 Å². The highest BCUT2D eigenvalue weighted by molar-refractivity contribution is 6.30. The monoisotopic (exact) mass is 264 g/mol. The standard InChI is InChI=1S/C12H26O2.BH3O3/c1-5-6-7-8-9-10-12(4,14)11(2,3)13;2-1(3)4/h13-14H,5-10H2,1-4H3;2-4H. The van der Waals surface area contributed by atoms with Crippen LogP contribution in [0.25, 0.3) is 0 Å². The molecule has 110 valence electrons. The molecule has 0 aromatic rings. The zero-order valence-electron chi connectivity index (χ0n) is 12.1. The second-order valence-corrected chi connectivity index (χ2v) is 5.34. The molecule has 6 heteroatoms. The zero-order chi connectivity index (χ0) is 14.8. The summed E-state index contributed by atoms with van der Waals surface area (Å²) in [5, 5.41) is 41.2. The lowest BCUT2D eigenvalue weighted by molar-refractivity contribution is -0.124. The lowest BCUT2D eigenvalue weighted by Gasteiger charge is -2.35. The topological polar surface area (TPSA) is 101 Å². The molecule has 0 amide bonds. The molecule has 0 aliphatic carbocycles. The van der Waals surface area contributed by atoms with Crippen molar-refractivity contribution in [2.45, 2.75) is 77.4 Å². The number of rotatable bonds is 7. The van der Waals surface area contributed by atoms with Gasteiger partial charge in [0.15, 0.2) is 0 Å². The Kier molecular flexibility index (Phi) is 10.9. The fraction of sp³-hybridized carbons (Fsp3) is 1.00. The third kappa shape index (κ3) is 12.3. The van der Waals surface area contributed by atoms with Crippen LogP contribution in [0.1, 0.15) is 66.2 Å². The van der Waals surface area contributed by atoms with Crippen LogP contribution in [0.2, 0.25) is 0 Å². The first-order valence-corrected chi connectivity index (χ1v) is 6.53. The largest absolute Gasteiger partial charge is 0.631 e. The highest BCUT2D eigenvalue weighted by atomic mass is 16.5. The molecule has 18 heavy (non-hydrogen) atoms. The first-order valence-electron chi connectivity index (χ1n) is 6.53. The number of hydrogen-bond donors (Lipinski definition) is 5. The average molecular weight is 264 g/mol. The van der Waals surface area contributed by atoms with Crippen LogP contribution in [0.4, 0.5) is 0 Å². The van der Waals surface area contributed by atoms with Gasteiger partial charge in [0.1, 0.15) is 0 Å². The van der Waals surface area contributed by atoms with Gasteiger partial charge in [-0.05, 0) is 27.2 Å². The minimum atomic E-state index is -2.17. The van der Waals surface area contributed by atoms with Crippen molar-refractivity contribution in [3.05, 3.63) is 0 Å². The van der Waals surface area contributed by atoms with E-state index in [9.17, 15) is 10.2 Å². The SMILES string of the molecule is CCCCCCCC(C)(O)C(C)(C)O.OB(O)O. The highest BCUT2D eigenvalue weighted by Gasteiger charge is 2.36. The Morgan fingerprint density at radius 2 is 1.22 bits per heavy atom. The van der Waals surface area contributed by atoms with E-state index in [1.165, 1.54) is 19.3 Å². The summed E-state index contributed by atoms with van der Waals surface area (Å²) in [6, 6.07) is 0. The van der Waals surface area contributed by atoms with E-state index in [4.69, 9.17) is 15.1 Å². The molecule has 5 N–H and O–H groups in total. The van der Waals surface area contributed by atoms with Crippen molar-refractivity contribution < 1.29 is 25.3 Å². The van der Waals surface area contributed by atoms with Gasteiger partial charge in [-0.3, -0.25) is 0 Å². The minimum Gasteiger partial charge on any atom is -0.402 e. The van der Waals surface area contributed by atoms with Crippen LogP contribution >= 0.6 is 0 Å². The number of hydrogen-bond acceptors (Lipinski definition) is 5. The Morgan fingerprint density at radius 1 is 0.833 bits per heavy atom. The van der Waals surface area contributed by atoms with Crippen molar-refractivity contribution >= 4 is 7.32 Å². The summed E-state index contributed by atoms with van der Waals surface area (Å²) in [7, 11) is -2.17. The predicted octanol–water partition coefficient (Wildman–Crippen LogP) is 0.817. The molecule has 0 bridgehead atoms. The summed E-state index contributed by atoms with van der Waals surface area (Å²) in [5.74, 6) is 0. The van der Waals surface area contributed by atoms with Crippen molar-refractivity contribution in [2.75, 3.05) is 0 Å². The van der Waals surface area contributed by atoms with Gasteiger partial charge >= 0.3 is 7.32 Å². The molecule has 1 atom stereocenters. The van der Waals surface area contributed by atoms with Crippen LogP contribution < -0.4 is 0 Å². The third-order valence-electron chi connectivity index (χ3n) is 3.09. The van der Waals surface area contributed by atoms with Gasteiger partial charge in [-0.1, -0.05) is 39.0 Å². The Hall–Kier alpha value is -0.135. The maximum atomic E-state index is 9.96. The van der Waals surface area contributed by atoms with Crippen molar-refractivity contribution in [1.82, 2.24) is 0 Å². The van der Waals surface area contributed by atoms with E-state index < -0.39 is 18.5 Å². The summed E-state index contributed by atoms with van der Waals surface area (Å²) in [6.45, 7) is 7.23. The molecule has 0 fully saturated rings. The van der Waals surface area contributed by atoms with Crippen molar-refractivity contribution in [2.24, 2.45) is 0 Å². The highest BCUT2D eigenvalue weighted by Crippen LogP contribution is 2.27. The van der Waals surface area contributed by atoms with E-state index in [1.807, 2.05) is 0 Å². The average Bonchev–Trinajstić information content (AvgIpc) is 2.14. The molecule has 0 aliphatic rings. The van der Waals surface area contributed by atoms with Crippen molar-refractivity contribution in [3.8, 4) is 0 Å². The molecule has 5 nitrogen and oxygen atoms in total. The quantitative estimate of drug-likeness (QED) is 0.346. The molecule has 0 rings (SSSR count). The van der Waals surface area contributed by atoms with Crippen LogP contribution in [0.15, 0.2) is 0 Å². The molecule has 0 aliphatic heterocycles. The van der Waals surface area contributed by atoms with Crippen LogP contribution in [-0.2, 0) is 0 Å². The lowest BCUT2D eigenvalue weighted by atomic mass is 9.83. The summed E-state index contributed by atoms with van der Waals surface area (Å²) < 4.78 is 0. The molecule has 0 radical (unpaired) electrons. The maximum Gasteiger partial charge on any atom is 0.631 e. The Morgan fingerprint density at radius 3 is 1.56 bits per heavy atom. The van der Waals surface area contributed by atoms with Crippen molar-refractivity contribution in [1.29, 1.82) is 0 Å². The normalized spacial score (nSPS) is 14.5. The Labute approximate surface area is 111 Å². The van der Waals surface area contributed by atoms with Gasteiger partial charge in [0.2, 0.25) is 0 Å². The van der Waals surface area contributed by atoms with Gasteiger partial charge in [0.05, 0.1) is 11.2 Å². The third-order valence-corrected chi connectivity index (χ3v) is 3.09. The van der Waals surface area contributed by atoms with Crippen LogP contribution in [-0.4, -0.2) is 43.8 Å². The molecule has 0 aromatic carbocycles. The van der Waals surface area contributed by atoms with E-state index in [0.29, 0.717) is 6.42 Å². The molecular weight excluding hydrogens is 235 g/mol. The van der Waals surface area contributed by atoms with Gasteiger partial charge in [0.25, 0.3) is 0 Å². The number of unbranched alkanes of at least 4 members (excludes halogenated alkanes) is 4. The van der Waals surface area contributed by atoms with Gasteiger partial charge < -0.3 is 25.3 Å². The lowest BCUT2D eigenvalue weighted by Crippen LogP contribution is -2.47. The Balaban J connectivity index is 0. The molecular formula is C12H29BO5. The number of aliphatic hydroxyl groups is 2. The van der Waals surface area contributed by atoms with E-state index >= 15 is 0 Å². The van der Waals surface area contributed by atoms with E-state index in [1.54, 1.807) is 20.8 Å².